The third-order valence-corrected chi connectivity index (χ3v) is 14.2. The zero-order valence-corrected chi connectivity index (χ0v) is 23.4. The summed E-state index contributed by atoms with van der Waals surface area (Å²) >= 11 is 0. The average molecular weight is 477 g/mol. The maximum Gasteiger partial charge on any atom is 0.0678 e. The lowest BCUT2D eigenvalue weighted by atomic mass is 9.31. The summed E-state index contributed by atoms with van der Waals surface area (Å²) in [5.74, 6) is 3.07. The van der Waals surface area contributed by atoms with Crippen LogP contribution in [-0.4, -0.2) is 22.7 Å². The zero-order valence-electron chi connectivity index (χ0n) is 23.4. The number of rotatable bonds is 0. The van der Waals surface area contributed by atoms with Crippen LogP contribution in [-0.2, 0) is 16.6 Å². The van der Waals surface area contributed by atoms with Gasteiger partial charge in [-0.15, -0.1) is 0 Å². The second-order valence-electron chi connectivity index (χ2n) is 16.0. The van der Waals surface area contributed by atoms with E-state index in [2.05, 4.69) is 48.5 Å². The first kappa shape index (κ1) is 23.2. The molecule has 0 radical (unpaired) electrons. The lowest BCUT2D eigenvalue weighted by Crippen LogP contribution is -2.67. The van der Waals surface area contributed by atoms with Gasteiger partial charge >= 0.3 is 0 Å². The molecule has 4 saturated carbocycles. The predicted molar refractivity (Wildman–Crippen MR) is 140 cm³/mol. The number of hydrogen-bond donors (Lipinski definition) is 0. The largest absolute Gasteiger partial charge is 0.377 e. The molecule has 0 N–H and O–H groups in total. The van der Waals surface area contributed by atoms with Crippen LogP contribution < -0.4 is 0 Å². The fraction of sp³-hybridized carbons (Fsp3) is 0.875. The highest BCUT2D eigenvalue weighted by Gasteiger charge is 2.72. The van der Waals surface area contributed by atoms with Crippen LogP contribution in [0.1, 0.15) is 111 Å². The molecule has 2 bridgehead atoms. The summed E-state index contributed by atoms with van der Waals surface area (Å²) in [5.41, 5.74) is 4.62. The molecule has 192 valence electrons. The molecule has 0 amide bonds. The van der Waals surface area contributed by atoms with Crippen molar-refractivity contribution >= 4 is 0 Å². The van der Waals surface area contributed by atoms with Crippen LogP contribution in [0, 0.1) is 50.7 Å². The number of nitrogens with zero attached hydrogens (tertiary/aromatic N) is 2. The highest BCUT2D eigenvalue weighted by Crippen LogP contribution is 2.77. The third-order valence-electron chi connectivity index (χ3n) is 14.2. The Balaban J connectivity index is 1.31. The second kappa shape index (κ2) is 6.72. The van der Waals surface area contributed by atoms with E-state index >= 15 is 0 Å². The van der Waals surface area contributed by atoms with Crippen LogP contribution in [0.5, 0.6) is 0 Å². The van der Waals surface area contributed by atoms with Crippen molar-refractivity contribution < 1.29 is 4.74 Å². The normalized spacial score (nSPS) is 52.9. The Morgan fingerprint density at radius 3 is 2.31 bits per heavy atom. The summed E-state index contributed by atoms with van der Waals surface area (Å²) in [4.78, 5) is 9.83. The standard InChI is InChI=1S/C32H48N2O/c1-27(2)12-14-32-15-13-30(6)20(24(32)26(27)35-19-32)8-9-23-29(5)18-21-25(34-17-16-33-21)28(3,4)22(29)10-11-31(23,30)7/h16-17,20,22-24,26H,8-15,18-19H2,1-7H3/t20-,22+,23+,24-,26-,29+,30-,31+,32+/m1/s1. The number of aromatic nitrogens is 2. The van der Waals surface area contributed by atoms with Gasteiger partial charge in [-0.05, 0) is 109 Å². The van der Waals surface area contributed by atoms with Crippen molar-refractivity contribution in [3.05, 3.63) is 23.8 Å². The van der Waals surface area contributed by atoms with Gasteiger partial charge < -0.3 is 4.74 Å². The van der Waals surface area contributed by atoms with Gasteiger partial charge in [-0.25, -0.2) is 0 Å². The topological polar surface area (TPSA) is 35.0 Å². The van der Waals surface area contributed by atoms with E-state index in [9.17, 15) is 0 Å². The van der Waals surface area contributed by atoms with Crippen LogP contribution >= 0.6 is 0 Å². The van der Waals surface area contributed by atoms with Crippen LogP contribution in [0.4, 0.5) is 0 Å². The summed E-state index contributed by atoms with van der Waals surface area (Å²) in [6.45, 7) is 19.2. The Morgan fingerprint density at radius 2 is 1.51 bits per heavy atom. The Hall–Kier alpha value is -0.960. The Kier molecular flexibility index (Phi) is 4.45. The van der Waals surface area contributed by atoms with E-state index in [0.29, 0.717) is 39.1 Å². The summed E-state index contributed by atoms with van der Waals surface area (Å²) in [6, 6.07) is 0. The first-order chi connectivity index (χ1) is 16.4. The molecule has 1 aromatic rings. The summed E-state index contributed by atoms with van der Waals surface area (Å²) in [6.07, 6.45) is 16.6. The third kappa shape index (κ3) is 2.58. The second-order valence-corrected chi connectivity index (χ2v) is 16.0. The van der Waals surface area contributed by atoms with Crippen molar-refractivity contribution in [1.29, 1.82) is 0 Å². The molecule has 0 aromatic carbocycles. The van der Waals surface area contributed by atoms with Gasteiger partial charge in [-0.2, -0.15) is 0 Å². The molecule has 3 nitrogen and oxygen atoms in total. The molecule has 6 aliphatic rings. The Morgan fingerprint density at radius 1 is 0.771 bits per heavy atom. The number of ether oxygens (including phenoxy) is 1. The van der Waals surface area contributed by atoms with Crippen molar-refractivity contribution in [3.63, 3.8) is 0 Å². The predicted octanol–water partition coefficient (Wildman–Crippen LogP) is 7.38. The number of hydrogen-bond acceptors (Lipinski definition) is 3. The van der Waals surface area contributed by atoms with Crippen LogP contribution in [0.15, 0.2) is 12.4 Å². The maximum absolute atomic E-state index is 6.75. The van der Waals surface area contributed by atoms with E-state index in [0.717, 1.165) is 30.8 Å². The smallest absolute Gasteiger partial charge is 0.0678 e. The monoisotopic (exact) mass is 476 g/mol. The van der Waals surface area contributed by atoms with Gasteiger partial charge in [0.15, 0.2) is 0 Å². The summed E-state index contributed by atoms with van der Waals surface area (Å²) in [5, 5.41) is 0. The molecule has 1 aliphatic heterocycles. The van der Waals surface area contributed by atoms with Gasteiger partial charge in [0, 0.05) is 17.8 Å². The van der Waals surface area contributed by atoms with E-state index in [4.69, 9.17) is 14.7 Å². The quantitative estimate of drug-likeness (QED) is 0.392. The molecule has 9 atom stereocenters. The molecule has 1 saturated heterocycles. The van der Waals surface area contributed by atoms with E-state index in [1.165, 1.54) is 62.8 Å². The molecular formula is C32H48N2O. The minimum atomic E-state index is 0.104. The van der Waals surface area contributed by atoms with Crippen LogP contribution in [0.3, 0.4) is 0 Å². The van der Waals surface area contributed by atoms with E-state index < -0.39 is 0 Å². The van der Waals surface area contributed by atoms with Crippen LogP contribution in [0.2, 0.25) is 0 Å². The Bertz CT molecular complexity index is 1060. The molecule has 0 spiro atoms. The highest BCUT2D eigenvalue weighted by molar-refractivity contribution is 5.32. The first-order valence-electron chi connectivity index (χ1n) is 14.8. The van der Waals surface area contributed by atoms with Gasteiger partial charge in [0.05, 0.1) is 24.1 Å². The van der Waals surface area contributed by atoms with Crippen LogP contribution in [0.25, 0.3) is 0 Å². The van der Waals surface area contributed by atoms with E-state index in [1.54, 1.807) is 0 Å². The lowest BCUT2D eigenvalue weighted by Gasteiger charge is -2.72. The SMILES string of the molecule is CC1(C)CC[C@@]23CC[C@]4(C)[C@H](CC[C@H]5[C@@]6(C)Cc7nccnc7C(C)(C)[C@@H]6CC[C@@]54C)[C@@H]2[C@H]1OC3. The fourth-order valence-corrected chi connectivity index (χ4v) is 12.3. The molecule has 5 aliphatic carbocycles. The van der Waals surface area contributed by atoms with Gasteiger partial charge in [0.25, 0.3) is 0 Å². The first-order valence-corrected chi connectivity index (χ1v) is 14.8. The average Bonchev–Trinajstić information content (AvgIpc) is 3.13. The van der Waals surface area contributed by atoms with Crippen molar-refractivity contribution in [1.82, 2.24) is 9.97 Å². The lowest BCUT2D eigenvalue weighted by molar-refractivity contribution is -0.233. The summed E-state index contributed by atoms with van der Waals surface area (Å²) < 4.78 is 6.75. The zero-order chi connectivity index (χ0) is 24.6. The van der Waals surface area contributed by atoms with E-state index in [1.807, 2.05) is 12.4 Å². The Labute approximate surface area is 213 Å². The fourth-order valence-electron chi connectivity index (χ4n) is 12.3. The molecule has 3 heteroatoms. The molecule has 1 aromatic heterocycles. The van der Waals surface area contributed by atoms with Gasteiger partial charge in [0.1, 0.15) is 0 Å². The molecule has 2 heterocycles. The van der Waals surface area contributed by atoms with Gasteiger partial charge in [0.2, 0.25) is 0 Å². The van der Waals surface area contributed by atoms with Crippen molar-refractivity contribution in [2.45, 2.75) is 118 Å². The highest BCUT2D eigenvalue weighted by atomic mass is 16.5. The van der Waals surface area contributed by atoms with Crippen molar-refractivity contribution in [2.75, 3.05) is 6.61 Å². The van der Waals surface area contributed by atoms with Crippen molar-refractivity contribution in [3.8, 4) is 0 Å². The molecule has 5 fully saturated rings. The molecular weight excluding hydrogens is 428 g/mol. The maximum atomic E-state index is 6.75. The number of fused-ring (bicyclic) bond motifs is 6. The minimum Gasteiger partial charge on any atom is -0.377 e. The van der Waals surface area contributed by atoms with Gasteiger partial charge in [-0.3, -0.25) is 9.97 Å². The molecule has 35 heavy (non-hydrogen) atoms. The summed E-state index contributed by atoms with van der Waals surface area (Å²) in [7, 11) is 0. The van der Waals surface area contributed by atoms with E-state index in [-0.39, 0.29) is 5.41 Å². The molecule has 0 unspecified atom stereocenters. The van der Waals surface area contributed by atoms with Crippen molar-refractivity contribution in [2.24, 2.45) is 50.7 Å². The van der Waals surface area contributed by atoms with Gasteiger partial charge in [-0.1, -0.05) is 48.5 Å². The molecule has 7 rings (SSSR count). The minimum absolute atomic E-state index is 0.104.